The molecule has 0 aromatic rings. The Kier molecular flexibility index (Phi) is 4.58. The molecule has 0 rings (SSSR count). The van der Waals surface area contributed by atoms with E-state index in [0.29, 0.717) is 5.57 Å². The lowest BCUT2D eigenvalue weighted by Crippen LogP contribution is -2.30. The Bertz CT molecular complexity index is 224. The second-order valence-electron chi connectivity index (χ2n) is 2.62. The molecule has 74 valence electrons. The van der Waals surface area contributed by atoms with Gasteiger partial charge in [0.15, 0.2) is 0 Å². The highest BCUT2D eigenvalue weighted by molar-refractivity contribution is 5.91. The van der Waals surface area contributed by atoms with Gasteiger partial charge >= 0.3 is 6.16 Å². The van der Waals surface area contributed by atoms with Crippen molar-refractivity contribution in [1.29, 1.82) is 0 Å². The second-order valence-corrected chi connectivity index (χ2v) is 2.62. The number of hydrogen-bond donors (Lipinski definition) is 1. The Hall–Kier alpha value is -1.52. The summed E-state index contributed by atoms with van der Waals surface area (Å²) in [5.41, 5.74) is 0.415. The predicted molar refractivity (Wildman–Crippen MR) is 46.4 cm³/mol. The summed E-state index contributed by atoms with van der Waals surface area (Å²) in [4.78, 5) is 22.4. The first-order valence-electron chi connectivity index (χ1n) is 3.72. The van der Waals surface area contributed by atoms with Crippen molar-refractivity contribution < 1.29 is 19.4 Å². The summed E-state index contributed by atoms with van der Waals surface area (Å²) in [6.45, 7) is 5.28. The maximum absolute atomic E-state index is 11.1. The van der Waals surface area contributed by atoms with Gasteiger partial charge in [-0.1, -0.05) is 6.58 Å². The van der Waals surface area contributed by atoms with Crippen molar-refractivity contribution in [2.45, 2.75) is 6.92 Å². The van der Waals surface area contributed by atoms with Gasteiger partial charge in [-0.2, -0.15) is 0 Å². The first-order chi connectivity index (χ1) is 5.95. The fourth-order valence-corrected chi connectivity index (χ4v) is 0.697. The van der Waals surface area contributed by atoms with Crippen LogP contribution in [0.5, 0.6) is 0 Å². The minimum Gasteiger partial charge on any atom is -0.450 e. The highest BCUT2D eigenvalue weighted by atomic mass is 16.7. The Labute approximate surface area is 76.6 Å². The zero-order valence-corrected chi connectivity index (χ0v) is 7.74. The van der Waals surface area contributed by atoms with Crippen LogP contribution in [0.4, 0.5) is 4.79 Å². The van der Waals surface area contributed by atoms with E-state index in [4.69, 9.17) is 5.11 Å². The van der Waals surface area contributed by atoms with Crippen molar-refractivity contribution in [3.63, 3.8) is 0 Å². The van der Waals surface area contributed by atoms with Gasteiger partial charge in [-0.15, -0.1) is 0 Å². The first-order valence-corrected chi connectivity index (χ1v) is 3.72. The molecule has 0 saturated heterocycles. The number of carboxylic acid groups (broad SMARTS) is 1. The van der Waals surface area contributed by atoms with Crippen LogP contribution in [0.15, 0.2) is 12.2 Å². The molecule has 0 unspecified atom stereocenters. The van der Waals surface area contributed by atoms with Crippen LogP contribution in [0.2, 0.25) is 0 Å². The van der Waals surface area contributed by atoms with Crippen LogP contribution in [0.25, 0.3) is 0 Å². The molecule has 13 heavy (non-hydrogen) atoms. The molecule has 1 N–H and O–H groups in total. The molecular weight excluding hydrogens is 174 g/mol. The predicted octanol–water partition coefficient (Wildman–Crippen LogP) is 0.716. The van der Waals surface area contributed by atoms with Crippen LogP contribution in [0.1, 0.15) is 6.92 Å². The molecule has 0 fully saturated rings. The average Bonchev–Trinajstić information content (AvgIpc) is 2.02. The summed E-state index contributed by atoms with van der Waals surface area (Å²) in [7, 11) is 1.56. The summed E-state index contributed by atoms with van der Waals surface area (Å²) < 4.78 is 4.24. The van der Waals surface area contributed by atoms with Gasteiger partial charge in [-0.25, -0.2) is 4.79 Å². The van der Waals surface area contributed by atoms with Crippen LogP contribution in [0.3, 0.4) is 0 Å². The van der Waals surface area contributed by atoms with Gasteiger partial charge in [0.2, 0.25) is 5.91 Å². The topological polar surface area (TPSA) is 66.8 Å². The zero-order valence-electron chi connectivity index (χ0n) is 7.74. The summed E-state index contributed by atoms with van der Waals surface area (Å²) in [5, 5.41) is 8.13. The number of nitrogens with zero attached hydrogens (tertiary/aromatic N) is 1. The molecule has 0 aromatic carbocycles. The van der Waals surface area contributed by atoms with Crippen LogP contribution in [-0.4, -0.2) is 42.3 Å². The van der Waals surface area contributed by atoms with Crippen molar-refractivity contribution in [3.05, 3.63) is 12.2 Å². The van der Waals surface area contributed by atoms with Crippen LogP contribution < -0.4 is 0 Å². The minimum atomic E-state index is -1.34. The van der Waals surface area contributed by atoms with Gasteiger partial charge in [0, 0.05) is 12.6 Å². The molecule has 0 atom stereocenters. The van der Waals surface area contributed by atoms with E-state index in [0.717, 1.165) is 0 Å². The Morgan fingerprint density at radius 1 is 1.54 bits per heavy atom. The Morgan fingerprint density at radius 3 is 2.46 bits per heavy atom. The number of carbonyl (C=O) groups is 2. The fraction of sp³-hybridized carbons (Fsp3) is 0.500. The maximum Gasteiger partial charge on any atom is 0.505 e. The molecule has 0 aromatic heterocycles. The van der Waals surface area contributed by atoms with Crippen molar-refractivity contribution in [1.82, 2.24) is 4.90 Å². The zero-order chi connectivity index (χ0) is 10.4. The molecule has 0 heterocycles. The lowest BCUT2D eigenvalue weighted by molar-refractivity contribution is -0.126. The summed E-state index contributed by atoms with van der Waals surface area (Å²) in [6, 6.07) is 0. The minimum absolute atomic E-state index is 0.0230. The van der Waals surface area contributed by atoms with Crippen LogP contribution >= 0.6 is 0 Å². The van der Waals surface area contributed by atoms with Crippen molar-refractivity contribution in [2.75, 3.05) is 20.2 Å². The monoisotopic (exact) mass is 187 g/mol. The highest BCUT2D eigenvalue weighted by Crippen LogP contribution is 1.95. The van der Waals surface area contributed by atoms with E-state index in [2.05, 4.69) is 11.3 Å². The molecule has 0 aliphatic heterocycles. The molecule has 1 amide bonds. The Morgan fingerprint density at radius 2 is 2.08 bits per heavy atom. The van der Waals surface area contributed by atoms with E-state index in [-0.39, 0.29) is 19.1 Å². The van der Waals surface area contributed by atoms with Gasteiger partial charge in [0.25, 0.3) is 0 Å². The SMILES string of the molecule is C=C(C)C(=O)N(C)CCOC(=O)O. The molecule has 0 aliphatic carbocycles. The van der Waals surface area contributed by atoms with E-state index in [1.165, 1.54) is 4.90 Å². The fourth-order valence-electron chi connectivity index (χ4n) is 0.697. The third kappa shape index (κ3) is 4.84. The van der Waals surface area contributed by atoms with Crippen LogP contribution in [-0.2, 0) is 9.53 Å². The van der Waals surface area contributed by atoms with Gasteiger partial charge in [0.1, 0.15) is 6.61 Å². The van der Waals surface area contributed by atoms with Crippen LogP contribution in [0, 0.1) is 0 Å². The Balaban J connectivity index is 3.74. The van der Waals surface area contributed by atoms with Gasteiger partial charge < -0.3 is 14.7 Å². The molecule has 0 saturated carbocycles. The average molecular weight is 187 g/mol. The van der Waals surface area contributed by atoms with Gasteiger partial charge in [-0.3, -0.25) is 4.79 Å². The lowest BCUT2D eigenvalue weighted by Gasteiger charge is -2.15. The number of likely N-dealkylation sites (N-methyl/N-ethyl adjacent to an activating group) is 1. The normalized spacial score (nSPS) is 9.08. The highest BCUT2D eigenvalue weighted by Gasteiger charge is 2.08. The molecule has 0 aliphatic rings. The molecule has 0 spiro atoms. The van der Waals surface area contributed by atoms with Gasteiger partial charge in [0.05, 0.1) is 6.54 Å². The summed E-state index contributed by atoms with van der Waals surface area (Å²) in [5.74, 6) is -0.214. The summed E-state index contributed by atoms with van der Waals surface area (Å²) in [6.07, 6.45) is -1.34. The number of amides is 1. The first kappa shape index (κ1) is 11.5. The standard InChI is InChI=1S/C8H13NO4/c1-6(2)7(10)9(3)4-5-13-8(11)12/h1,4-5H2,2-3H3,(H,11,12). The van der Waals surface area contributed by atoms with E-state index in [9.17, 15) is 9.59 Å². The molecular formula is C8H13NO4. The summed E-state index contributed by atoms with van der Waals surface area (Å²) >= 11 is 0. The van der Waals surface area contributed by atoms with E-state index in [1.54, 1.807) is 14.0 Å². The van der Waals surface area contributed by atoms with Gasteiger partial charge in [-0.05, 0) is 6.92 Å². The quantitative estimate of drug-likeness (QED) is 0.520. The van der Waals surface area contributed by atoms with E-state index >= 15 is 0 Å². The molecule has 5 nitrogen and oxygen atoms in total. The molecule has 0 radical (unpaired) electrons. The third-order valence-corrected chi connectivity index (χ3v) is 1.36. The smallest absolute Gasteiger partial charge is 0.450 e. The maximum atomic E-state index is 11.1. The largest absolute Gasteiger partial charge is 0.505 e. The second kappa shape index (κ2) is 5.18. The van der Waals surface area contributed by atoms with Crippen molar-refractivity contribution >= 4 is 12.1 Å². The van der Waals surface area contributed by atoms with E-state index in [1.807, 2.05) is 0 Å². The van der Waals surface area contributed by atoms with Crippen molar-refractivity contribution in [3.8, 4) is 0 Å². The molecule has 5 heteroatoms. The number of ether oxygens (including phenoxy) is 1. The third-order valence-electron chi connectivity index (χ3n) is 1.36. The van der Waals surface area contributed by atoms with Crippen molar-refractivity contribution in [2.24, 2.45) is 0 Å². The lowest BCUT2D eigenvalue weighted by atomic mass is 10.3. The van der Waals surface area contributed by atoms with E-state index < -0.39 is 6.16 Å². The molecule has 0 bridgehead atoms. The number of carbonyl (C=O) groups excluding carboxylic acids is 1. The number of rotatable bonds is 4. The number of hydrogen-bond acceptors (Lipinski definition) is 3.